The third-order valence-electron chi connectivity index (χ3n) is 6.56. The van der Waals surface area contributed by atoms with E-state index in [9.17, 15) is 44.3 Å². The van der Waals surface area contributed by atoms with Crippen molar-refractivity contribution in [1.29, 1.82) is 0 Å². The molecule has 9 nitrogen and oxygen atoms in total. The molecule has 2 amide bonds. The zero-order valence-corrected chi connectivity index (χ0v) is 22.7. The lowest BCUT2D eigenvalue weighted by Crippen LogP contribution is -2.54. The first-order chi connectivity index (χ1) is 19.9. The predicted molar refractivity (Wildman–Crippen MR) is 131 cm³/mol. The van der Waals surface area contributed by atoms with Gasteiger partial charge in [-0.05, 0) is 32.3 Å². The SMILES string of the molecule is COc1cnc(C(N(C(=O)NC(CCC(F)(F)F)C(F)(F)F)C2CC2)C(F)(F)F)cc1-c1cn2cc(C)nc2c(OC)n1. The van der Waals surface area contributed by atoms with Gasteiger partial charge in [0.1, 0.15) is 11.8 Å². The van der Waals surface area contributed by atoms with Gasteiger partial charge in [0, 0.05) is 30.4 Å². The summed E-state index contributed by atoms with van der Waals surface area (Å²) in [6.45, 7) is 1.69. The molecule has 1 saturated carbocycles. The fourth-order valence-electron chi connectivity index (χ4n) is 4.49. The number of halogens is 9. The van der Waals surface area contributed by atoms with Gasteiger partial charge in [0.05, 0.1) is 37.5 Å². The lowest BCUT2D eigenvalue weighted by atomic mass is 10.1. The summed E-state index contributed by atoms with van der Waals surface area (Å²) in [5.41, 5.74) is 0.131. The summed E-state index contributed by atoms with van der Waals surface area (Å²) >= 11 is 0. The molecule has 4 rings (SSSR count). The summed E-state index contributed by atoms with van der Waals surface area (Å²) in [5.74, 6) is -0.00320. The third-order valence-corrected chi connectivity index (χ3v) is 6.56. The van der Waals surface area contributed by atoms with E-state index in [0.717, 1.165) is 12.3 Å². The van der Waals surface area contributed by atoms with Crippen molar-refractivity contribution in [2.75, 3.05) is 14.2 Å². The monoisotopic (exact) mass is 628 g/mol. The highest BCUT2D eigenvalue weighted by Gasteiger charge is 2.53. The van der Waals surface area contributed by atoms with Crippen LogP contribution in [-0.4, -0.2) is 75.1 Å². The highest BCUT2D eigenvalue weighted by molar-refractivity contribution is 5.76. The number of alkyl halides is 9. The Labute approximate surface area is 238 Å². The van der Waals surface area contributed by atoms with Crippen LogP contribution in [0.15, 0.2) is 24.7 Å². The van der Waals surface area contributed by atoms with Gasteiger partial charge in [-0.3, -0.25) is 4.98 Å². The average molecular weight is 628 g/mol. The molecular weight excluding hydrogens is 603 g/mol. The fourth-order valence-corrected chi connectivity index (χ4v) is 4.49. The highest BCUT2D eigenvalue weighted by Crippen LogP contribution is 2.45. The van der Waals surface area contributed by atoms with Gasteiger partial charge in [-0.15, -0.1) is 0 Å². The lowest BCUT2D eigenvalue weighted by molar-refractivity contribution is -0.183. The Bertz CT molecular complexity index is 1470. The number of hydrogen-bond donors (Lipinski definition) is 1. The minimum Gasteiger partial charge on any atom is -0.494 e. The molecule has 1 aliphatic rings. The van der Waals surface area contributed by atoms with E-state index in [4.69, 9.17) is 9.47 Å². The number of ether oxygens (including phenoxy) is 2. The maximum Gasteiger partial charge on any atom is 0.414 e. The van der Waals surface area contributed by atoms with Crippen LogP contribution >= 0.6 is 0 Å². The van der Waals surface area contributed by atoms with Crippen LogP contribution in [0.2, 0.25) is 0 Å². The van der Waals surface area contributed by atoms with Gasteiger partial charge in [0.25, 0.3) is 5.88 Å². The Morgan fingerprint density at radius 1 is 1.05 bits per heavy atom. The third kappa shape index (κ3) is 7.33. The molecule has 3 heterocycles. The largest absolute Gasteiger partial charge is 0.494 e. The summed E-state index contributed by atoms with van der Waals surface area (Å²) in [6, 6.07) is -7.94. The molecule has 2 unspecified atom stereocenters. The normalized spacial score (nSPS) is 15.7. The molecule has 43 heavy (non-hydrogen) atoms. The molecular formula is C25H25F9N6O3. The fraction of sp³-hybridized carbons (Fsp3) is 0.520. The maximum absolute atomic E-state index is 14.6. The molecule has 0 saturated heterocycles. The van der Waals surface area contributed by atoms with E-state index < -0.39 is 61.2 Å². The second kappa shape index (κ2) is 11.6. The Balaban J connectivity index is 1.77. The number of carbonyl (C=O) groups is 1. The topological polar surface area (TPSA) is 93.9 Å². The van der Waals surface area contributed by atoms with Crippen LogP contribution < -0.4 is 14.8 Å². The number of carbonyl (C=O) groups excluding carboxylic acids is 1. The summed E-state index contributed by atoms with van der Waals surface area (Å²) in [6.07, 6.45) is -15.1. The van der Waals surface area contributed by atoms with Gasteiger partial charge in [-0.2, -0.15) is 39.5 Å². The van der Waals surface area contributed by atoms with E-state index in [-0.39, 0.29) is 40.6 Å². The second-order valence-electron chi connectivity index (χ2n) is 9.84. The van der Waals surface area contributed by atoms with E-state index in [1.54, 1.807) is 13.1 Å². The Morgan fingerprint density at radius 2 is 1.72 bits per heavy atom. The maximum atomic E-state index is 14.6. The van der Waals surface area contributed by atoms with Crippen LogP contribution in [-0.2, 0) is 0 Å². The summed E-state index contributed by atoms with van der Waals surface area (Å²) in [5, 5.41) is 1.35. The number of aryl methyl sites for hydroxylation is 1. The summed E-state index contributed by atoms with van der Waals surface area (Å²) < 4.78 is 134. The zero-order valence-electron chi connectivity index (χ0n) is 22.7. The Morgan fingerprint density at radius 3 is 2.26 bits per heavy atom. The van der Waals surface area contributed by atoms with Gasteiger partial charge in [0.2, 0.25) is 5.65 Å². The number of fused-ring (bicyclic) bond motifs is 1. The van der Waals surface area contributed by atoms with Gasteiger partial charge in [0.15, 0.2) is 6.04 Å². The zero-order chi connectivity index (χ0) is 31.9. The van der Waals surface area contributed by atoms with Crippen LogP contribution in [0.5, 0.6) is 11.6 Å². The molecule has 1 fully saturated rings. The summed E-state index contributed by atoms with van der Waals surface area (Å²) in [7, 11) is 2.53. The number of aromatic nitrogens is 4. The van der Waals surface area contributed by atoms with E-state index >= 15 is 0 Å². The van der Waals surface area contributed by atoms with Crippen molar-refractivity contribution in [2.45, 2.75) is 69.3 Å². The molecule has 18 heteroatoms. The Kier molecular flexibility index (Phi) is 8.61. The molecule has 3 aromatic rings. The number of nitrogens with one attached hydrogen (secondary N) is 1. The number of pyridine rings is 1. The second-order valence-corrected chi connectivity index (χ2v) is 9.84. The van der Waals surface area contributed by atoms with E-state index in [2.05, 4.69) is 15.0 Å². The minimum absolute atomic E-state index is 0.0226. The van der Waals surface area contributed by atoms with Crippen LogP contribution in [0.1, 0.15) is 43.1 Å². The van der Waals surface area contributed by atoms with Crippen molar-refractivity contribution in [3.63, 3.8) is 0 Å². The van der Waals surface area contributed by atoms with Gasteiger partial charge >= 0.3 is 24.6 Å². The smallest absolute Gasteiger partial charge is 0.414 e. The number of imidazole rings is 1. The number of nitrogens with zero attached hydrogens (tertiary/aromatic N) is 5. The molecule has 3 aromatic heterocycles. The molecule has 1 aliphatic carbocycles. The number of amides is 2. The first-order valence-corrected chi connectivity index (χ1v) is 12.7. The number of methoxy groups -OCH3 is 2. The van der Waals surface area contributed by atoms with Crippen molar-refractivity contribution in [2.24, 2.45) is 0 Å². The standard InChI is InChI=1S/C25H25F9N6O3/c1-12-10-39-11-16(37-21(43-3)20(39)36-12)14-8-15(35-9-17(14)42-2)19(25(32,33)34)40(13-4-5-13)22(41)38-18(24(29,30)31)6-7-23(26,27)28/h8-11,13,18-19H,4-7H2,1-3H3,(H,38,41). The van der Waals surface area contributed by atoms with Crippen molar-refractivity contribution < 1.29 is 53.8 Å². The molecule has 236 valence electrons. The Hall–Kier alpha value is -3.99. The molecule has 0 radical (unpaired) electrons. The highest BCUT2D eigenvalue weighted by atomic mass is 19.4. The average Bonchev–Trinajstić information content (AvgIpc) is 3.66. The van der Waals surface area contributed by atoms with Crippen molar-refractivity contribution in [3.8, 4) is 22.9 Å². The van der Waals surface area contributed by atoms with E-state index in [0.29, 0.717) is 11.3 Å². The van der Waals surface area contributed by atoms with Crippen molar-refractivity contribution in [1.82, 2.24) is 29.6 Å². The molecule has 2 atom stereocenters. The molecule has 0 spiro atoms. The van der Waals surface area contributed by atoms with Crippen molar-refractivity contribution in [3.05, 3.63) is 36.0 Å². The number of urea groups is 1. The molecule has 0 aromatic carbocycles. The first kappa shape index (κ1) is 31.9. The quantitative estimate of drug-likeness (QED) is 0.285. The first-order valence-electron chi connectivity index (χ1n) is 12.7. The number of rotatable bonds is 9. The van der Waals surface area contributed by atoms with E-state index in [1.165, 1.54) is 30.1 Å². The number of hydrogen-bond acceptors (Lipinski definition) is 6. The van der Waals surface area contributed by atoms with Gasteiger partial charge in [-0.1, -0.05) is 0 Å². The summed E-state index contributed by atoms with van der Waals surface area (Å²) in [4.78, 5) is 25.5. The molecule has 0 aliphatic heterocycles. The molecule has 1 N–H and O–H groups in total. The van der Waals surface area contributed by atoms with Crippen molar-refractivity contribution >= 4 is 11.7 Å². The van der Waals surface area contributed by atoms with E-state index in [1.807, 2.05) is 0 Å². The minimum atomic E-state index is -5.36. The van der Waals surface area contributed by atoms with Crippen LogP contribution in [0.25, 0.3) is 16.9 Å². The van der Waals surface area contributed by atoms with Crippen LogP contribution in [0.4, 0.5) is 44.3 Å². The molecule has 0 bridgehead atoms. The van der Waals surface area contributed by atoms with Crippen LogP contribution in [0, 0.1) is 6.92 Å². The lowest BCUT2D eigenvalue weighted by Gasteiger charge is -2.35. The van der Waals surface area contributed by atoms with Crippen LogP contribution in [0.3, 0.4) is 0 Å². The van der Waals surface area contributed by atoms with Gasteiger partial charge in [-0.25, -0.2) is 14.8 Å². The predicted octanol–water partition coefficient (Wildman–Crippen LogP) is 6.17. The van der Waals surface area contributed by atoms with Gasteiger partial charge < -0.3 is 24.1 Å².